The maximum absolute atomic E-state index is 12.1. The van der Waals surface area contributed by atoms with Gasteiger partial charge >= 0.3 is 0 Å². The first kappa shape index (κ1) is 10.00. The predicted molar refractivity (Wildman–Crippen MR) is 57.8 cm³/mol. The molecule has 0 aromatic heterocycles. The van der Waals surface area contributed by atoms with Crippen LogP contribution in [-0.4, -0.2) is 29.1 Å². The van der Waals surface area contributed by atoms with E-state index in [2.05, 4.69) is 28.9 Å². The largest absolute Gasteiger partial charge is 0.343 e. The molecule has 0 radical (unpaired) electrons. The first-order valence-electron chi connectivity index (χ1n) is 5.27. The van der Waals surface area contributed by atoms with Gasteiger partial charge in [-0.1, -0.05) is 27.6 Å². The number of hydrogen-bond donors (Lipinski definition) is 0. The molecule has 3 aliphatic rings. The van der Waals surface area contributed by atoms with Crippen molar-refractivity contribution < 1.29 is 14.3 Å². The van der Waals surface area contributed by atoms with E-state index in [0.29, 0.717) is 6.61 Å². The van der Waals surface area contributed by atoms with Gasteiger partial charge < -0.3 is 9.47 Å². The van der Waals surface area contributed by atoms with E-state index >= 15 is 0 Å². The zero-order valence-electron chi connectivity index (χ0n) is 8.53. The molecule has 2 fully saturated rings. The van der Waals surface area contributed by atoms with E-state index in [-0.39, 0.29) is 17.8 Å². The van der Waals surface area contributed by atoms with Crippen LogP contribution in [0, 0.1) is 5.92 Å². The lowest BCUT2D eigenvalue weighted by Gasteiger charge is -2.43. The molecule has 1 aliphatic carbocycles. The number of ketones is 1. The number of alkyl halides is 1. The standard InChI is InChI=1S/C11H13BrO3/c1-6-2-3-11(12)7(4-6)8-5-14-10(15-8)9(11)13/h2,7-8,10H,3-5H2,1H3/t7?,8-,10-,11+/m1/s1. The van der Waals surface area contributed by atoms with Gasteiger partial charge in [0, 0.05) is 5.92 Å². The molecule has 2 bridgehead atoms. The lowest BCUT2D eigenvalue weighted by Crippen LogP contribution is -2.55. The quantitative estimate of drug-likeness (QED) is 0.498. The molecule has 4 heteroatoms. The molecule has 4 atom stereocenters. The highest BCUT2D eigenvalue weighted by Gasteiger charge is 2.58. The van der Waals surface area contributed by atoms with Gasteiger partial charge in [-0.3, -0.25) is 4.79 Å². The van der Waals surface area contributed by atoms with Crippen molar-refractivity contribution in [1.82, 2.24) is 0 Å². The summed E-state index contributed by atoms with van der Waals surface area (Å²) in [5.74, 6) is 0.291. The van der Waals surface area contributed by atoms with Gasteiger partial charge in [-0.05, 0) is 19.8 Å². The van der Waals surface area contributed by atoms with Gasteiger partial charge in [0.15, 0.2) is 0 Å². The fraction of sp³-hybridized carbons (Fsp3) is 0.727. The van der Waals surface area contributed by atoms with Gasteiger partial charge in [0.2, 0.25) is 12.1 Å². The highest BCUT2D eigenvalue weighted by molar-refractivity contribution is 9.10. The number of allylic oxidation sites excluding steroid dienone is 2. The van der Waals surface area contributed by atoms with Crippen LogP contribution >= 0.6 is 15.9 Å². The van der Waals surface area contributed by atoms with Crippen molar-refractivity contribution in [2.75, 3.05) is 6.61 Å². The number of ether oxygens (including phenoxy) is 2. The third kappa shape index (κ3) is 1.28. The summed E-state index contributed by atoms with van der Waals surface area (Å²) in [5.41, 5.74) is 1.34. The second-order valence-corrected chi connectivity index (χ2v) is 6.05. The van der Waals surface area contributed by atoms with E-state index in [0.717, 1.165) is 12.8 Å². The molecule has 0 spiro atoms. The maximum atomic E-state index is 12.1. The Bertz CT molecular complexity index is 352. The average Bonchev–Trinajstić information content (AvgIpc) is 2.65. The molecule has 3 nitrogen and oxygen atoms in total. The lowest BCUT2D eigenvalue weighted by atomic mass is 9.73. The normalized spacial score (nSPS) is 48.8. The first-order chi connectivity index (χ1) is 7.11. The average molecular weight is 273 g/mol. The third-order valence-corrected chi connectivity index (χ3v) is 4.96. The molecule has 0 aromatic carbocycles. The molecule has 2 aliphatic heterocycles. The number of hydrogen-bond acceptors (Lipinski definition) is 3. The Morgan fingerprint density at radius 2 is 2.40 bits per heavy atom. The van der Waals surface area contributed by atoms with Gasteiger partial charge in [0.1, 0.15) is 0 Å². The Labute approximate surface area is 96.9 Å². The summed E-state index contributed by atoms with van der Waals surface area (Å²) in [5, 5.41) is 0. The van der Waals surface area contributed by atoms with Gasteiger partial charge in [-0.25, -0.2) is 0 Å². The van der Waals surface area contributed by atoms with Crippen LogP contribution in [0.25, 0.3) is 0 Å². The van der Waals surface area contributed by atoms with E-state index < -0.39 is 10.6 Å². The highest BCUT2D eigenvalue weighted by atomic mass is 79.9. The zero-order valence-corrected chi connectivity index (χ0v) is 10.1. The molecule has 3 rings (SSSR count). The number of halogens is 1. The summed E-state index contributed by atoms with van der Waals surface area (Å²) >= 11 is 3.63. The Morgan fingerprint density at radius 3 is 3.20 bits per heavy atom. The fourth-order valence-corrected chi connectivity index (χ4v) is 3.54. The van der Waals surface area contributed by atoms with Crippen LogP contribution < -0.4 is 0 Å². The smallest absolute Gasteiger partial charge is 0.219 e. The maximum Gasteiger partial charge on any atom is 0.219 e. The molecular weight excluding hydrogens is 260 g/mol. The van der Waals surface area contributed by atoms with Gasteiger partial charge in [0.05, 0.1) is 17.0 Å². The number of Topliss-reactive ketones (excluding diaryl/α,β-unsaturated/α-hetero) is 1. The molecule has 2 saturated heterocycles. The van der Waals surface area contributed by atoms with Gasteiger partial charge in [-0.15, -0.1) is 0 Å². The van der Waals surface area contributed by atoms with Crippen molar-refractivity contribution in [2.24, 2.45) is 5.92 Å². The predicted octanol–water partition coefficient (Wildman–Crippen LogP) is 1.80. The summed E-state index contributed by atoms with van der Waals surface area (Å²) in [6.07, 6.45) is 3.29. The summed E-state index contributed by atoms with van der Waals surface area (Å²) in [6.45, 7) is 2.67. The van der Waals surface area contributed by atoms with E-state index in [4.69, 9.17) is 9.47 Å². The van der Waals surface area contributed by atoms with Crippen LogP contribution in [0.2, 0.25) is 0 Å². The number of carbonyl (C=O) groups is 1. The van der Waals surface area contributed by atoms with Crippen molar-refractivity contribution in [3.8, 4) is 0 Å². The SMILES string of the molecule is CC1=CC[C@@]2(Br)C(=O)[C@@H]3OC[C@@H](O3)C2C1. The van der Waals surface area contributed by atoms with Crippen molar-refractivity contribution in [3.63, 3.8) is 0 Å². The minimum absolute atomic E-state index is 0.0602. The highest BCUT2D eigenvalue weighted by Crippen LogP contribution is 2.49. The molecule has 15 heavy (non-hydrogen) atoms. The molecule has 2 heterocycles. The molecule has 0 aromatic rings. The van der Waals surface area contributed by atoms with E-state index in [9.17, 15) is 4.79 Å². The van der Waals surface area contributed by atoms with Crippen LogP contribution in [0.1, 0.15) is 19.8 Å². The van der Waals surface area contributed by atoms with Crippen LogP contribution in [0.3, 0.4) is 0 Å². The minimum atomic E-state index is -0.627. The second-order valence-electron chi connectivity index (χ2n) is 4.63. The summed E-state index contributed by atoms with van der Waals surface area (Å²) in [6, 6.07) is 0. The molecule has 0 saturated carbocycles. The van der Waals surface area contributed by atoms with E-state index in [1.54, 1.807) is 0 Å². The zero-order chi connectivity index (χ0) is 10.6. The van der Waals surface area contributed by atoms with Gasteiger partial charge in [0.25, 0.3) is 0 Å². The molecular formula is C11H13BrO3. The topological polar surface area (TPSA) is 35.5 Å². The monoisotopic (exact) mass is 272 g/mol. The third-order valence-electron chi connectivity index (χ3n) is 3.66. The Kier molecular flexibility index (Phi) is 2.10. The van der Waals surface area contributed by atoms with E-state index in [1.165, 1.54) is 5.57 Å². The number of carbonyl (C=O) groups excluding carboxylic acids is 1. The number of fused-ring (bicyclic) bond motifs is 4. The lowest BCUT2D eigenvalue weighted by molar-refractivity contribution is -0.161. The van der Waals surface area contributed by atoms with Crippen LogP contribution in [0.4, 0.5) is 0 Å². The second kappa shape index (κ2) is 3.15. The Hall–Kier alpha value is -0.190. The fourth-order valence-electron chi connectivity index (χ4n) is 2.74. The molecule has 82 valence electrons. The summed E-state index contributed by atoms with van der Waals surface area (Å²) < 4.78 is 10.5. The minimum Gasteiger partial charge on any atom is -0.343 e. The van der Waals surface area contributed by atoms with Crippen molar-refractivity contribution in [1.29, 1.82) is 0 Å². The Balaban J connectivity index is 2.02. The van der Waals surface area contributed by atoms with Crippen LogP contribution in [0.5, 0.6) is 0 Å². The number of rotatable bonds is 0. The molecule has 0 N–H and O–H groups in total. The Morgan fingerprint density at radius 1 is 1.60 bits per heavy atom. The van der Waals surface area contributed by atoms with Crippen LogP contribution in [-0.2, 0) is 14.3 Å². The van der Waals surface area contributed by atoms with E-state index in [1.807, 2.05) is 0 Å². The van der Waals surface area contributed by atoms with Crippen LogP contribution in [0.15, 0.2) is 11.6 Å². The summed E-state index contributed by atoms with van der Waals surface area (Å²) in [7, 11) is 0. The van der Waals surface area contributed by atoms with Crippen molar-refractivity contribution >= 4 is 21.7 Å². The van der Waals surface area contributed by atoms with Crippen molar-refractivity contribution in [3.05, 3.63) is 11.6 Å². The van der Waals surface area contributed by atoms with Crippen molar-refractivity contribution in [2.45, 2.75) is 36.5 Å². The first-order valence-corrected chi connectivity index (χ1v) is 6.06. The summed E-state index contributed by atoms with van der Waals surface area (Å²) in [4.78, 5) is 12.1. The van der Waals surface area contributed by atoms with Gasteiger partial charge in [-0.2, -0.15) is 0 Å². The molecule has 1 unspecified atom stereocenters. The molecule has 0 amide bonds.